The Morgan fingerprint density at radius 2 is 2.08 bits per heavy atom. The summed E-state index contributed by atoms with van der Waals surface area (Å²) in [5.41, 5.74) is 1.67. The molecule has 1 aliphatic carbocycles. The van der Waals surface area contributed by atoms with E-state index in [9.17, 15) is 22.8 Å². The van der Waals surface area contributed by atoms with Gasteiger partial charge >= 0.3 is 12.4 Å². The first-order valence-electron chi connectivity index (χ1n) is 7.27. The highest BCUT2D eigenvalue weighted by Gasteiger charge is 2.33. The average Bonchev–Trinajstić information content (AvgIpc) is 2.98. The normalized spacial score (nSPS) is 19.1. The second-order valence-corrected chi connectivity index (χ2v) is 5.42. The summed E-state index contributed by atoms with van der Waals surface area (Å²) in [7, 11) is 0. The predicted molar refractivity (Wildman–Crippen MR) is 79.9 cm³/mol. The Morgan fingerprint density at radius 1 is 1.33 bits per heavy atom. The van der Waals surface area contributed by atoms with Gasteiger partial charge in [-0.1, -0.05) is 6.07 Å². The summed E-state index contributed by atoms with van der Waals surface area (Å²) in [5, 5.41) is 0. The van der Waals surface area contributed by atoms with Gasteiger partial charge in [-0.25, -0.2) is 4.79 Å². The molecule has 0 bridgehead atoms. The Hall–Kier alpha value is -2.64. The minimum atomic E-state index is -4.80. The van der Waals surface area contributed by atoms with Gasteiger partial charge in [0.15, 0.2) is 5.78 Å². The number of allylic oxidation sites excluding steroid dienone is 1. The maximum atomic E-state index is 12.4. The summed E-state index contributed by atoms with van der Waals surface area (Å²) in [5.74, 6) is -0.610. The number of fused-ring (bicyclic) bond motifs is 1. The standard InChI is InChI=1S/C16H13F3N2O3/c1-2-21-8-10(20-15(21)23)6-13-12-7-11(24-16(17,18)19)4-3-9(12)5-14(13)22/h3-4,6-7H,2,5,8H2,1H3/b13-6-. The third-order valence-electron chi connectivity index (χ3n) is 3.81. The molecule has 0 saturated carbocycles. The van der Waals surface area contributed by atoms with Crippen LogP contribution in [0.15, 0.2) is 29.3 Å². The largest absolute Gasteiger partial charge is 0.573 e. The first-order chi connectivity index (χ1) is 11.3. The smallest absolute Gasteiger partial charge is 0.406 e. The monoisotopic (exact) mass is 338 g/mol. The number of Topliss-reactive ketones (excluding diaryl/α,β-unsaturated/α-hetero) is 1. The molecule has 0 spiro atoms. The Balaban J connectivity index is 1.93. The van der Waals surface area contributed by atoms with Crippen molar-refractivity contribution in [1.82, 2.24) is 4.90 Å². The van der Waals surface area contributed by atoms with E-state index < -0.39 is 6.36 Å². The van der Waals surface area contributed by atoms with E-state index in [1.54, 1.807) is 6.92 Å². The number of ether oxygens (including phenoxy) is 1. The van der Waals surface area contributed by atoms with Gasteiger partial charge in [0.25, 0.3) is 0 Å². The molecule has 0 radical (unpaired) electrons. The van der Waals surface area contributed by atoms with Gasteiger partial charge in [0.05, 0.1) is 12.3 Å². The Labute approximate surface area is 135 Å². The number of carbonyl (C=O) groups excluding carboxylic acids is 2. The zero-order valence-electron chi connectivity index (χ0n) is 12.7. The highest BCUT2D eigenvalue weighted by molar-refractivity contribution is 6.30. The number of alkyl halides is 3. The molecule has 0 fully saturated rings. The topological polar surface area (TPSA) is 59.0 Å². The van der Waals surface area contributed by atoms with E-state index in [1.807, 2.05) is 0 Å². The lowest BCUT2D eigenvalue weighted by molar-refractivity contribution is -0.274. The summed E-state index contributed by atoms with van der Waals surface area (Å²) in [6, 6.07) is 3.42. The van der Waals surface area contributed by atoms with Crippen LogP contribution in [-0.2, 0) is 11.2 Å². The first kappa shape index (κ1) is 16.2. The van der Waals surface area contributed by atoms with Gasteiger partial charge in [-0.05, 0) is 36.3 Å². The molecular weight excluding hydrogens is 325 g/mol. The molecule has 1 aromatic carbocycles. The fourth-order valence-corrected chi connectivity index (χ4v) is 2.72. The predicted octanol–water partition coefficient (Wildman–Crippen LogP) is 2.99. The maximum absolute atomic E-state index is 12.4. The van der Waals surface area contributed by atoms with Gasteiger partial charge in [-0.3, -0.25) is 4.79 Å². The number of aliphatic imine (C=N–C) groups is 1. The number of nitrogens with zero attached hydrogens (tertiary/aromatic N) is 2. The maximum Gasteiger partial charge on any atom is 0.573 e. The van der Waals surface area contributed by atoms with Crippen molar-refractivity contribution in [3.8, 4) is 5.75 Å². The van der Waals surface area contributed by atoms with Crippen LogP contribution in [0.1, 0.15) is 18.1 Å². The number of carbonyl (C=O) groups is 2. The lowest BCUT2D eigenvalue weighted by atomic mass is 10.1. The van der Waals surface area contributed by atoms with E-state index >= 15 is 0 Å². The van der Waals surface area contributed by atoms with Crippen LogP contribution >= 0.6 is 0 Å². The minimum absolute atomic E-state index is 0.103. The molecular formula is C16H13F3N2O3. The highest BCUT2D eigenvalue weighted by atomic mass is 19.4. The van der Waals surface area contributed by atoms with Crippen molar-refractivity contribution < 1.29 is 27.5 Å². The summed E-state index contributed by atoms with van der Waals surface area (Å²) in [4.78, 5) is 29.1. The van der Waals surface area contributed by atoms with Crippen LogP contribution in [0, 0.1) is 0 Å². The molecule has 1 aliphatic heterocycles. The van der Waals surface area contributed by atoms with Crippen LogP contribution in [0.25, 0.3) is 5.57 Å². The number of hydrogen-bond acceptors (Lipinski definition) is 3. The molecule has 8 heteroatoms. The number of rotatable bonds is 3. The van der Waals surface area contributed by atoms with Crippen molar-refractivity contribution in [2.75, 3.05) is 13.1 Å². The molecule has 2 aliphatic rings. The molecule has 5 nitrogen and oxygen atoms in total. The third-order valence-corrected chi connectivity index (χ3v) is 3.81. The molecule has 1 heterocycles. The van der Waals surface area contributed by atoms with E-state index in [0.29, 0.717) is 23.4 Å². The van der Waals surface area contributed by atoms with Gasteiger partial charge < -0.3 is 9.64 Å². The van der Waals surface area contributed by atoms with Crippen molar-refractivity contribution >= 4 is 23.1 Å². The quantitative estimate of drug-likeness (QED) is 0.796. The van der Waals surface area contributed by atoms with E-state index in [2.05, 4.69) is 9.73 Å². The number of amides is 2. The van der Waals surface area contributed by atoms with Crippen LogP contribution < -0.4 is 4.74 Å². The lowest BCUT2D eigenvalue weighted by Crippen LogP contribution is -2.25. The van der Waals surface area contributed by atoms with E-state index in [1.165, 1.54) is 29.2 Å². The van der Waals surface area contributed by atoms with Crippen LogP contribution in [0.4, 0.5) is 18.0 Å². The summed E-state index contributed by atoms with van der Waals surface area (Å²) in [6.07, 6.45) is -3.23. The van der Waals surface area contributed by atoms with Crippen molar-refractivity contribution in [3.63, 3.8) is 0 Å². The number of halogens is 3. The van der Waals surface area contributed by atoms with Crippen LogP contribution in [-0.4, -0.2) is 41.9 Å². The van der Waals surface area contributed by atoms with Gasteiger partial charge in [-0.2, -0.15) is 4.99 Å². The van der Waals surface area contributed by atoms with Crippen molar-refractivity contribution in [1.29, 1.82) is 0 Å². The lowest BCUT2D eigenvalue weighted by Gasteiger charge is -2.11. The Bertz CT molecular complexity index is 781. The average molecular weight is 338 g/mol. The second-order valence-electron chi connectivity index (χ2n) is 5.42. The molecule has 3 rings (SSSR count). The third kappa shape index (κ3) is 3.17. The highest BCUT2D eigenvalue weighted by Crippen LogP contribution is 2.34. The summed E-state index contributed by atoms with van der Waals surface area (Å²) >= 11 is 0. The fraction of sp³-hybridized carbons (Fsp3) is 0.312. The molecule has 24 heavy (non-hydrogen) atoms. The fourth-order valence-electron chi connectivity index (χ4n) is 2.72. The van der Waals surface area contributed by atoms with Crippen molar-refractivity contribution in [2.24, 2.45) is 4.99 Å². The molecule has 1 aromatic rings. The molecule has 0 saturated heterocycles. The van der Waals surface area contributed by atoms with E-state index in [4.69, 9.17) is 0 Å². The molecule has 0 atom stereocenters. The van der Waals surface area contributed by atoms with Crippen molar-refractivity contribution in [3.05, 3.63) is 35.4 Å². The van der Waals surface area contributed by atoms with Crippen LogP contribution in [0.2, 0.25) is 0 Å². The van der Waals surface area contributed by atoms with E-state index in [-0.39, 0.29) is 36.1 Å². The molecule has 2 amide bonds. The van der Waals surface area contributed by atoms with E-state index in [0.717, 1.165) is 0 Å². The number of ketones is 1. The second kappa shape index (κ2) is 5.77. The zero-order chi connectivity index (χ0) is 17.5. The first-order valence-corrected chi connectivity index (χ1v) is 7.27. The minimum Gasteiger partial charge on any atom is -0.406 e. The number of benzene rings is 1. The van der Waals surface area contributed by atoms with Gasteiger partial charge in [0, 0.05) is 18.5 Å². The van der Waals surface area contributed by atoms with Gasteiger partial charge in [0.2, 0.25) is 0 Å². The summed E-state index contributed by atoms with van der Waals surface area (Å²) in [6.45, 7) is 2.57. The number of urea groups is 1. The molecule has 0 N–H and O–H groups in total. The Morgan fingerprint density at radius 3 is 2.71 bits per heavy atom. The van der Waals surface area contributed by atoms with Gasteiger partial charge in [0.1, 0.15) is 5.75 Å². The zero-order valence-corrected chi connectivity index (χ0v) is 12.7. The van der Waals surface area contributed by atoms with Crippen LogP contribution in [0.3, 0.4) is 0 Å². The van der Waals surface area contributed by atoms with Crippen LogP contribution in [0.5, 0.6) is 5.75 Å². The van der Waals surface area contributed by atoms with Crippen molar-refractivity contribution in [2.45, 2.75) is 19.7 Å². The van der Waals surface area contributed by atoms with Gasteiger partial charge in [-0.15, -0.1) is 13.2 Å². The number of hydrogen-bond donors (Lipinski definition) is 0. The summed E-state index contributed by atoms with van der Waals surface area (Å²) < 4.78 is 41.0. The SMILES string of the molecule is CCN1CC(/C=C2\C(=O)Cc3ccc(OC(F)(F)F)cc32)=NC1=O. The molecule has 126 valence electrons. The Kier molecular flexibility index (Phi) is 3.90. The molecule has 0 unspecified atom stereocenters. The molecule has 0 aromatic heterocycles.